The van der Waals surface area contributed by atoms with Gasteiger partial charge in [0.05, 0.1) is 0 Å². The molecule has 0 heterocycles. The highest BCUT2D eigenvalue weighted by molar-refractivity contribution is 5.11. The minimum Gasteiger partial charge on any atom is -0.387 e. The lowest BCUT2D eigenvalue weighted by atomic mass is 9.64. The molecule has 0 bridgehead atoms. The van der Waals surface area contributed by atoms with Gasteiger partial charge in [0.25, 0.3) is 0 Å². The molecule has 2 saturated carbocycles. The van der Waals surface area contributed by atoms with E-state index in [1.807, 2.05) is 0 Å². The van der Waals surface area contributed by atoms with Crippen molar-refractivity contribution in [2.45, 2.75) is 94.4 Å². The Balaban J connectivity index is 2.26. The smallest absolute Gasteiger partial charge is 0.124 e. The molecule has 0 spiro atoms. The van der Waals surface area contributed by atoms with Crippen LogP contribution in [0.5, 0.6) is 0 Å². The van der Waals surface area contributed by atoms with Crippen LogP contribution in [0.1, 0.15) is 58.3 Å². The fourth-order valence-corrected chi connectivity index (χ4v) is 4.51. The molecule has 8 atom stereocenters. The number of aliphatic hydroxyl groups is 6. The highest BCUT2D eigenvalue weighted by Gasteiger charge is 2.60. The van der Waals surface area contributed by atoms with Crippen molar-refractivity contribution in [3.8, 4) is 0 Å². The Morgan fingerprint density at radius 3 is 1.96 bits per heavy atom. The van der Waals surface area contributed by atoms with E-state index in [1.54, 1.807) is 0 Å². The Morgan fingerprint density at radius 2 is 1.39 bits per heavy atom. The second-order valence-electron chi connectivity index (χ2n) is 7.47. The summed E-state index contributed by atoms with van der Waals surface area (Å²) >= 11 is 0. The SMILES string of the molecule is CCCC1CCCCCC(C2(O)[C@H](O)[C@H](O)C(O)[C@H](O)[C@H]2O)C1. The first-order valence-electron chi connectivity index (χ1n) is 8.96. The van der Waals surface area contributed by atoms with Crippen molar-refractivity contribution < 1.29 is 30.6 Å². The van der Waals surface area contributed by atoms with E-state index in [4.69, 9.17) is 0 Å². The van der Waals surface area contributed by atoms with Gasteiger partial charge in [0.2, 0.25) is 0 Å². The van der Waals surface area contributed by atoms with Gasteiger partial charge in [-0.15, -0.1) is 0 Å². The Bertz CT molecular complexity index is 360. The van der Waals surface area contributed by atoms with E-state index in [2.05, 4.69) is 6.92 Å². The zero-order chi connectivity index (χ0) is 17.2. The predicted molar refractivity (Wildman–Crippen MR) is 84.6 cm³/mol. The van der Waals surface area contributed by atoms with Crippen LogP contribution in [0, 0.1) is 11.8 Å². The lowest BCUT2D eigenvalue weighted by Crippen LogP contribution is -2.73. The predicted octanol–water partition coefficient (Wildman–Crippen LogP) is -0.0777. The van der Waals surface area contributed by atoms with Crippen molar-refractivity contribution >= 4 is 0 Å². The van der Waals surface area contributed by atoms with E-state index in [-0.39, 0.29) is 0 Å². The van der Waals surface area contributed by atoms with Crippen LogP contribution in [0.2, 0.25) is 0 Å². The molecule has 23 heavy (non-hydrogen) atoms. The third kappa shape index (κ3) is 3.57. The van der Waals surface area contributed by atoms with Gasteiger partial charge in [0, 0.05) is 0 Å². The van der Waals surface area contributed by atoms with Crippen LogP contribution in [-0.4, -0.2) is 66.8 Å². The summed E-state index contributed by atoms with van der Waals surface area (Å²) < 4.78 is 0. The number of rotatable bonds is 3. The summed E-state index contributed by atoms with van der Waals surface area (Å²) in [5, 5.41) is 61.4. The normalized spacial score (nSPS) is 49.4. The fraction of sp³-hybridized carbons (Fsp3) is 1.00. The maximum Gasteiger partial charge on any atom is 0.124 e. The van der Waals surface area contributed by atoms with Crippen LogP contribution in [0.15, 0.2) is 0 Å². The van der Waals surface area contributed by atoms with E-state index >= 15 is 0 Å². The number of hydrogen-bond acceptors (Lipinski definition) is 6. The fourth-order valence-electron chi connectivity index (χ4n) is 4.51. The van der Waals surface area contributed by atoms with E-state index in [1.165, 1.54) is 0 Å². The Hall–Kier alpha value is -0.240. The van der Waals surface area contributed by atoms with Crippen LogP contribution in [0.25, 0.3) is 0 Å². The van der Waals surface area contributed by atoms with Crippen molar-refractivity contribution in [3.05, 3.63) is 0 Å². The lowest BCUT2D eigenvalue weighted by molar-refractivity contribution is -0.286. The maximum atomic E-state index is 11.1. The minimum absolute atomic E-state index is 0.398. The van der Waals surface area contributed by atoms with Gasteiger partial charge < -0.3 is 30.6 Å². The standard InChI is InChI=1S/C17H32O6/c1-2-6-10-7-4-3-5-8-11(9-10)17(23)15(21)13(19)12(18)14(20)16(17)22/h10-16,18-23H,2-9H2,1H3/t10?,11?,12?,13-,14+,15-,16-,17?/m1/s1. The molecule has 2 aliphatic carbocycles. The first kappa shape index (κ1) is 19.1. The molecule has 4 unspecified atom stereocenters. The zero-order valence-electron chi connectivity index (χ0n) is 13.9. The first-order chi connectivity index (χ1) is 10.8. The van der Waals surface area contributed by atoms with Crippen molar-refractivity contribution in [2.75, 3.05) is 0 Å². The molecule has 0 aliphatic heterocycles. The summed E-state index contributed by atoms with van der Waals surface area (Å²) in [4.78, 5) is 0. The summed E-state index contributed by atoms with van der Waals surface area (Å²) in [5.74, 6) is -0.0176. The quantitative estimate of drug-likeness (QED) is 0.430. The van der Waals surface area contributed by atoms with E-state index < -0.39 is 42.0 Å². The number of aliphatic hydroxyl groups excluding tert-OH is 5. The van der Waals surface area contributed by atoms with Gasteiger partial charge in [-0.05, 0) is 24.7 Å². The van der Waals surface area contributed by atoms with E-state index in [9.17, 15) is 30.6 Å². The van der Waals surface area contributed by atoms with Gasteiger partial charge in [-0.1, -0.05) is 45.4 Å². The Morgan fingerprint density at radius 1 is 0.826 bits per heavy atom. The molecule has 6 N–H and O–H groups in total. The molecule has 0 amide bonds. The third-order valence-electron chi connectivity index (χ3n) is 5.93. The van der Waals surface area contributed by atoms with Crippen LogP contribution >= 0.6 is 0 Å². The molecular formula is C17H32O6. The van der Waals surface area contributed by atoms with Gasteiger partial charge in [0.1, 0.15) is 36.1 Å². The first-order valence-corrected chi connectivity index (χ1v) is 8.96. The summed E-state index contributed by atoms with van der Waals surface area (Å²) in [6.07, 6.45) is -0.934. The minimum atomic E-state index is -2.00. The summed E-state index contributed by atoms with van der Waals surface area (Å²) in [5.41, 5.74) is -2.00. The van der Waals surface area contributed by atoms with Gasteiger partial charge >= 0.3 is 0 Å². The van der Waals surface area contributed by atoms with Crippen molar-refractivity contribution in [1.29, 1.82) is 0 Å². The molecule has 6 nitrogen and oxygen atoms in total. The maximum absolute atomic E-state index is 11.1. The van der Waals surface area contributed by atoms with E-state index in [0.29, 0.717) is 18.8 Å². The molecule has 6 heteroatoms. The summed E-state index contributed by atoms with van der Waals surface area (Å²) in [6.45, 7) is 2.11. The van der Waals surface area contributed by atoms with Gasteiger partial charge in [0.15, 0.2) is 0 Å². The van der Waals surface area contributed by atoms with Gasteiger partial charge in [-0.3, -0.25) is 0 Å². The molecule has 0 radical (unpaired) electrons. The van der Waals surface area contributed by atoms with E-state index in [0.717, 1.165) is 38.5 Å². The molecule has 2 fully saturated rings. The molecule has 2 aliphatic rings. The lowest BCUT2D eigenvalue weighted by Gasteiger charge is -2.52. The molecule has 136 valence electrons. The van der Waals surface area contributed by atoms with Crippen molar-refractivity contribution in [1.82, 2.24) is 0 Å². The second-order valence-corrected chi connectivity index (χ2v) is 7.47. The molecule has 0 aromatic carbocycles. The molecule has 2 rings (SSSR count). The van der Waals surface area contributed by atoms with Crippen LogP contribution < -0.4 is 0 Å². The average Bonchev–Trinajstić information content (AvgIpc) is 2.51. The topological polar surface area (TPSA) is 121 Å². The van der Waals surface area contributed by atoms with Gasteiger partial charge in [-0.2, -0.15) is 0 Å². The molecular weight excluding hydrogens is 300 g/mol. The van der Waals surface area contributed by atoms with Crippen LogP contribution in [0.3, 0.4) is 0 Å². The Kier molecular flexibility index (Phi) is 6.44. The number of hydrogen-bond donors (Lipinski definition) is 6. The van der Waals surface area contributed by atoms with Crippen LogP contribution in [-0.2, 0) is 0 Å². The molecule has 0 aromatic heterocycles. The Labute approximate surface area is 137 Å². The largest absolute Gasteiger partial charge is 0.387 e. The van der Waals surface area contributed by atoms with Crippen molar-refractivity contribution in [2.24, 2.45) is 11.8 Å². The monoisotopic (exact) mass is 332 g/mol. The average molecular weight is 332 g/mol. The molecule has 0 aromatic rings. The second kappa shape index (κ2) is 7.76. The molecule has 0 saturated heterocycles. The summed E-state index contributed by atoms with van der Waals surface area (Å²) in [7, 11) is 0. The van der Waals surface area contributed by atoms with Crippen molar-refractivity contribution in [3.63, 3.8) is 0 Å². The highest BCUT2D eigenvalue weighted by atomic mass is 16.4. The van der Waals surface area contributed by atoms with Crippen LogP contribution in [0.4, 0.5) is 0 Å². The highest BCUT2D eigenvalue weighted by Crippen LogP contribution is 2.43. The van der Waals surface area contributed by atoms with Gasteiger partial charge in [-0.25, -0.2) is 0 Å². The summed E-state index contributed by atoms with van der Waals surface area (Å²) in [6, 6.07) is 0. The third-order valence-corrected chi connectivity index (χ3v) is 5.93. The zero-order valence-corrected chi connectivity index (χ0v) is 13.9.